The van der Waals surface area contributed by atoms with Crippen LogP contribution in [0.2, 0.25) is 0 Å². The number of H-pyrrole nitrogens is 1. The van der Waals surface area contributed by atoms with Gasteiger partial charge in [-0.3, -0.25) is 4.57 Å². The van der Waals surface area contributed by atoms with Crippen molar-refractivity contribution in [2.75, 3.05) is 0 Å². The summed E-state index contributed by atoms with van der Waals surface area (Å²) in [5, 5.41) is 5.95. The van der Waals surface area contributed by atoms with Gasteiger partial charge in [0.1, 0.15) is 6.33 Å². The summed E-state index contributed by atoms with van der Waals surface area (Å²) in [5.74, 6) is -1.74. The van der Waals surface area contributed by atoms with Crippen molar-refractivity contribution in [3.05, 3.63) is 63.7 Å². The lowest BCUT2D eigenvalue weighted by Crippen LogP contribution is -2.16. The molecule has 0 unspecified atom stereocenters. The Hall–Kier alpha value is -1.99. The molecule has 0 saturated carbocycles. The molecule has 1 N–H and O–H groups in total. The molecule has 0 fully saturated rings. The monoisotopic (exact) mass is 329 g/mol. The summed E-state index contributed by atoms with van der Waals surface area (Å²) in [5.41, 5.74) is 0.326. The largest absolute Gasteiger partial charge is 0.343 e. The van der Waals surface area contributed by atoms with Crippen molar-refractivity contribution in [1.29, 1.82) is 0 Å². The molecule has 4 nitrogen and oxygen atoms in total. The molecule has 8 heteroatoms. The molecule has 0 aliphatic heterocycles. The smallest absolute Gasteiger partial charge is 0.276 e. The van der Waals surface area contributed by atoms with E-state index in [0.29, 0.717) is 12.1 Å². The van der Waals surface area contributed by atoms with Crippen LogP contribution >= 0.6 is 23.7 Å². The van der Waals surface area contributed by atoms with Crippen LogP contribution in [0.3, 0.4) is 0 Å². The second-order valence-corrected chi connectivity index (χ2v) is 5.35. The van der Waals surface area contributed by atoms with E-state index in [1.165, 1.54) is 28.3 Å². The maximum absolute atomic E-state index is 13.2. The number of hydrogen-bond donors (Lipinski definition) is 1. The minimum absolute atomic E-state index is 0. The first-order valence-corrected chi connectivity index (χ1v) is 6.59. The molecule has 0 saturated heterocycles. The number of nitrogens with one attached hydrogen (secondary N) is 1. The van der Waals surface area contributed by atoms with E-state index in [4.69, 9.17) is 0 Å². The number of nitrogens with zero attached hydrogens (tertiary/aromatic N) is 2. The molecule has 0 aliphatic carbocycles. The Labute approximate surface area is 128 Å². The lowest BCUT2D eigenvalue weighted by molar-refractivity contribution is 0.509. The van der Waals surface area contributed by atoms with Crippen LogP contribution in [0.4, 0.5) is 8.78 Å². The van der Waals surface area contributed by atoms with Gasteiger partial charge in [0.2, 0.25) is 0 Å². The van der Waals surface area contributed by atoms with Gasteiger partial charge < -0.3 is 0 Å². The zero-order valence-electron chi connectivity index (χ0n) is 10.5. The van der Waals surface area contributed by atoms with Crippen molar-refractivity contribution in [2.24, 2.45) is 0 Å². The highest BCUT2D eigenvalue weighted by molar-refractivity contribution is 7.15. The van der Waals surface area contributed by atoms with Gasteiger partial charge in [0.25, 0.3) is 0 Å². The van der Waals surface area contributed by atoms with Crippen LogP contribution in [0.1, 0.15) is 4.88 Å². The van der Waals surface area contributed by atoms with Crippen LogP contribution in [0, 0.1) is 11.6 Å². The van der Waals surface area contributed by atoms with Crippen molar-refractivity contribution in [3.63, 3.8) is 0 Å². The normalized spacial score (nSPS) is 10.4. The second kappa shape index (κ2) is 6.19. The first-order valence-electron chi connectivity index (χ1n) is 5.77. The fraction of sp³-hybridized carbons (Fsp3) is 0.0769. The van der Waals surface area contributed by atoms with Gasteiger partial charge in [-0.25, -0.2) is 18.7 Å². The summed E-state index contributed by atoms with van der Waals surface area (Å²) in [6, 6.07) is 7.45. The van der Waals surface area contributed by atoms with Gasteiger partial charge in [0.05, 0.1) is 6.54 Å². The van der Waals surface area contributed by atoms with Crippen molar-refractivity contribution >= 4 is 23.7 Å². The molecular weight excluding hydrogens is 320 g/mol. The Morgan fingerprint density at radius 2 is 2.00 bits per heavy atom. The Balaban J connectivity index is 0.00000161. The summed E-state index contributed by atoms with van der Waals surface area (Å²) in [7, 11) is 0. The Kier molecular flexibility index (Phi) is 4.54. The molecule has 3 rings (SSSR count). The predicted octanol–water partition coefficient (Wildman–Crippen LogP) is 3.05. The molecule has 0 amide bonds. The van der Waals surface area contributed by atoms with Gasteiger partial charge >= 0.3 is 5.69 Å². The van der Waals surface area contributed by atoms with E-state index in [0.717, 1.165) is 21.9 Å². The predicted molar refractivity (Wildman–Crippen MR) is 78.9 cm³/mol. The summed E-state index contributed by atoms with van der Waals surface area (Å²) >= 11 is 1.42. The van der Waals surface area contributed by atoms with Crippen molar-refractivity contribution in [1.82, 2.24) is 14.8 Å². The van der Waals surface area contributed by atoms with E-state index in [-0.39, 0.29) is 18.1 Å². The van der Waals surface area contributed by atoms with Gasteiger partial charge in [-0.15, -0.1) is 23.7 Å². The van der Waals surface area contributed by atoms with E-state index in [1.54, 1.807) is 0 Å². The van der Waals surface area contributed by atoms with Gasteiger partial charge in [0, 0.05) is 9.75 Å². The lowest BCUT2D eigenvalue weighted by atomic mass is 10.2. The van der Waals surface area contributed by atoms with Gasteiger partial charge in [-0.1, -0.05) is 6.07 Å². The molecule has 2 heterocycles. The van der Waals surface area contributed by atoms with Crippen LogP contribution in [-0.4, -0.2) is 14.8 Å². The van der Waals surface area contributed by atoms with E-state index in [9.17, 15) is 13.6 Å². The summed E-state index contributed by atoms with van der Waals surface area (Å²) in [4.78, 5) is 13.1. The number of hydrogen-bond acceptors (Lipinski definition) is 3. The molecule has 0 atom stereocenters. The third-order valence-corrected chi connectivity index (χ3v) is 3.93. The molecular formula is C13H10ClF2N3OS. The van der Waals surface area contributed by atoms with Gasteiger partial charge in [-0.2, -0.15) is 5.10 Å². The Morgan fingerprint density at radius 3 is 2.67 bits per heavy atom. The Morgan fingerprint density at radius 1 is 1.19 bits per heavy atom. The Bertz CT molecular complexity index is 812. The lowest BCUT2D eigenvalue weighted by Gasteiger charge is -1.99. The van der Waals surface area contributed by atoms with Crippen molar-refractivity contribution in [2.45, 2.75) is 6.54 Å². The standard InChI is InChI=1S/C13H9F2N3OS.ClH/c14-10-3-1-8(5-11(10)15)12-4-2-9(20-12)6-18-7-16-17-13(18)19;/h1-5,7H,6H2,(H,17,19);1H. The molecule has 0 aliphatic rings. The van der Waals surface area contributed by atoms with Gasteiger partial charge in [-0.05, 0) is 29.8 Å². The topological polar surface area (TPSA) is 50.7 Å². The maximum Gasteiger partial charge on any atom is 0.343 e. The van der Waals surface area contributed by atoms with Crippen molar-refractivity contribution in [3.8, 4) is 10.4 Å². The maximum atomic E-state index is 13.2. The minimum atomic E-state index is -0.872. The quantitative estimate of drug-likeness (QED) is 0.803. The van der Waals surface area contributed by atoms with E-state index >= 15 is 0 Å². The third kappa shape index (κ3) is 3.20. The zero-order valence-corrected chi connectivity index (χ0v) is 12.2. The average molecular weight is 330 g/mol. The van der Waals surface area contributed by atoms with E-state index in [1.807, 2.05) is 12.1 Å². The SMILES string of the molecule is Cl.O=c1[nH]ncn1Cc1ccc(-c2ccc(F)c(F)c2)s1. The van der Waals surface area contributed by atoms with Crippen LogP contribution in [0.15, 0.2) is 41.5 Å². The zero-order chi connectivity index (χ0) is 14.1. The summed E-state index contributed by atoms with van der Waals surface area (Å²) < 4.78 is 27.5. The highest BCUT2D eigenvalue weighted by Crippen LogP contribution is 2.29. The highest BCUT2D eigenvalue weighted by atomic mass is 35.5. The number of thiophene rings is 1. The number of halogens is 3. The molecule has 110 valence electrons. The number of aromatic nitrogens is 3. The number of aromatic amines is 1. The summed E-state index contributed by atoms with van der Waals surface area (Å²) in [6.07, 6.45) is 1.42. The number of benzene rings is 1. The average Bonchev–Trinajstić information content (AvgIpc) is 3.04. The summed E-state index contributed by atoms with van der Waals surface area (Å²) in [6.45, 7) is 0.393. The molecule has 0 bridgehead atoms. The molecule has 3 aromatic rings. The van der Waals surface area contributed by atoms with Crippen LogP contribution in [0.5, 0.6) is 0 Å². The van der Waals surface area contributed by atoms with Crippen LogP contribution in [0.25, 0.3) is 10.4 Å². The molecule has 1 aromatic carbocycles. The van der Waals surface area contributed by atoms with E-state index < -0.39 is 11.6 Å². The fourth-order valence-electron chi connectivity index (χ4n) is 1.82. The van der Waals surface area contributed by atoms with E-state index in [2.05, 4.69) is 10.2 Å². The number of rotatable bonds is 3. The fourth-order valence-corrected chi connectivity index (χ4v) is 2.82. The molecule has 0 radical (unpaired) electrons. The van der Waals surface area contributed by atoms with Gasteiger partial charge in [0.15, 0.2) is 11.6 Å². The van der Waals surface area contributed by atoms with Crippen molar-refractivity contribution < 1.29 is 8.78 Å². The first-order chi connectivity index (χ1) is 9.63. The molecule has 21 heavy (non-hydrogen) atoms. The molecule has 2 aromatic heterocycles. The minimum Gasteiger partial charge on any atom is -0.276 e. The van der Waals surface area contributed by atoms with Crippen LogP contribution in [-0.2, 0) is 6.54 Å². The first kappa shape index (κ1) is 15.4. The second-order valence-electron chi connectivity index (χ2n) is 4.18. The third-order valence-electron chi connectivity index (χ3n) is 2.81. The molecule has 0 spiro atoms. The van der Waals surface area contributed by atoms with Crippen LogP contribution < -0.4 is 5.69 Å². The highest BCUT2D eigenvalue weighted by Gasteiger charge is 2.08.